The van der Waals surface area contributed by atoms with Crippen molar-refractivity contribution < 1.29 is 19.4 Å². The Morgan fingerprint density at radius 1 is 1.67 bits per heavy atom. The summed E-state index contributed by atoms with van der Waals surface area (Å²) in [5.74, 6) is -1.67. The number of amides is 1. The summed E-state index contributed by atoms with van der Waals surface area (Å²) in [6.07, 6.45) is 2.66. The Morgan fingerprint density at radius 3 is 3.00 bits per heavy atom. The molecule has 0 saturated carbocycles. The maximum atomic E-state index is 11.5. The average Bonchev–Trinajstić information content (AvgIpc) is 2.73. The van der Waals surface area contributed by atoms with Crippen LogP contribution in [-0.2, 0) is 20.9 Å². The summed E-state index contributed by atoms with van der Waals surface area (Å²) in [6.45, 7) is 1.07. The van der Waals surface area contributed by atoms with Gasteiger partial charge < -0.3 is 20.9 Å². The fraction of sp³-hybridized carbons (Fsp3) is 0.500. The first-order valence-electron chi connectivity index (χ1n) is 5.32. The molecule has 4 N–H and O–H groups in total. The summed E-state index contributed by atoms with van der Waals surface area (Å²) in [4.78, 5) is 21.9. The highest BCUT2D eigenvalue weighted by atomic mass is 16.5. The molecule has 8 nitrogen and oxygen atoms in total. The van der Waals surface area contributed by atoms with E-state index >= 15 is 0 Å². The standard InChI is InChI=1S/C10H16N4O4/c1-18-3-2-14-6-7(5-12-14)13-10(17)8(11)4-9(15)16/h5-6,8H,2-4,11H2,1H3,(H,13,17)(H,15,16). The van der Waals surface area contributed by atoms with Gasteiger partial charge >= 0.3 is 5.97 Å². The van der Waals surface area contributed by atoms with Crippen molar-refractivity contribution in [3.63, 3.8) is 0 Å². The highest BCUT2D eigenvalue weighted by Gasteiger charge is 2.17. The molecule has 1 aromatic heterocycles. The summed E-state index contributed by atoms with van der Waals surface area (Å²) in [5.41, 5.74) is 5.88. The summed E-state index contributed by atoms with van der Waals surface area (Å²) in [5, 5.41) is 15.0. The molecule has 8 heteroatoms. The van der Waals surface area contributed by atoms with Gasteiger partial charge in [0.15, 0.2) is 0 Å². The lowest BCUT2D eigenvalue weighted by Crippen LogP contribution is -2.37. The van der Waals surface area contributed by atoms with E-state index in [0.29, 0.717) is 18.8 Å². The number of carbonyl (C=O) groups excluding carboxylic acids is 1. The molecule has 1 rings (SSSR count). The lowest BCUT2D eigenvalue weighted by Gasteiger charge is -2.08. The normalized spacial score (nSPS) is 12.1. The molecule has 1 atom stereocenters. The van der Waals surface area contributed by atoms with Crippen molar-refractivity contribution >= 4 is 17.6 Å². The van der Waals surface area contributed by atoms with E-state index in [2.05, 4.69) is 10.4 Å². The van der Waals surface area contributed by atoms with Gasteiger partial charge in [-0.15, -0.1) is 0 Å². The number of nitrogens with one attached hydrogen (secondary N) is 1. The largest absolute Gasteiger partial charge is 0.481 e. The van der Waals surface area contributed by atoms with Gasteiger partial charge in [-0.05, 0) is 0 Å². The molecule has 1 aromatic rings. The summed E-state index contributed by atoms with van der Waals surface area (Å²) in [7, 11) is 1.58. The summed E-state index contributed by atoms with van der Waals surface area (Å²) < 4.78 is 6.48. The van der Waals surface area contributed by atoms with E-state index in [4.69, 9.17) is 15.6 Å². The Bertz CT molecular complexity index is 418. The highest BCUT2D eigenvalue weighted by Crippen LogP contribution is 2.05. The Hall–Kier alpha value is -1.93. The molecule has 18 heavy (non-hydrogen) atoms. The SMILES string of the molecule is COCCn1cc(NC(=O)C(N)CC(=O)O)cn1. The molecule has 0 aliphatic carbocycles. The first-order valence-corrected chi connectivity index (χ1v) is 5.32. The maximum Gasteiger partial charge on any atom is 0.305 e. The van der Waals surface area contributed by atoms with Crippen LogP contribution in [0.5, 0.6) is 0 Å². The minimum absolute atomic E-state index is 0.413. The molecule has 0 bridgehead atoms. The number of anilines is 1. The number of carboxylic acid groups (broad SMARTS) is 1. The van der Waals surface area contributed by atoms with Crippen molar-refractivity contribution in [2.24, 2.45) is 5.73 Å². The second kappa shape index (κ2) is 6.72. The van der Waals surface area contributed by atoms with Gasteiger partial charge in [0.05, 0.1) is 37.5 Å². The number of carboxylic acids is 1. The molecular formula is C10H16N4O4. The van der Waals surface area contributed by atoms with E-state index in [9.17, 15) is 9.59 Å². The smallest absolute Gasteiger partial charge is 0.305 e. The van der Waals surface area contributed by atoms with Crippen molar-refractivity contribution in [3.05, 3.63) is 12.4 Å². The Balaban J connectivity index is 2.48. The Morgan fingerprint density at radius 2 is 2.39 bits per heavy atom. The third-order valence-corrected chi connectivity index (χ3v) is 2.16. The molecule has 1 amide bonds. The van der Waals surface area contributed by atoms with Gasteiger partial charge in [0, 0.05) is 13.3 Å². The number of ether oxygens (including phenoxy) is 1. The summed E-state index contributed by atoms with van der Waals surface area (Å²) in [6, 6.07) is -1.08. The molecule has 0 aliphatic heterocycles. The topological polar surface area (TPSA) is 119 Å². The number of aromatic nitrogens is 2. The fourth-order valence-corrected chi connectivity index (χ4v) is 1.25. The van der Waals surface area contributed by atoms with Crippen LogP contribution >= 0.6 is 0 Å². The van der Waals surface area contributed by atoms with Crippen LogP contribution in [0.4, 0.5) is 5.69 Å². The number of hydrogen-bond acceptors (Lipinski definition) is 5. The minimum atomic E-state index is -1.12. The molecule has 1 heterocycles. The van der Waals surface area contributed by atoms with E-state index < -0.39 is 24.3 Å². The number of aliphatic carboxylic acids is 1. The molecule has 0 spiro atoms. The van der Waals surface area contributed by atoms with Crippen LogP contribution in [0.1, 0.15) is 6.42 Å². The lowest BCUT2D eigenvalue weighted by atomic mass is 10.2. The zero-order valence-corrected chi connectivity index (χ0v) is 10.00. The van der Waals surface area contributed by atoms with Crippen molar-refractivity contribution in [2.75, 3.05) is 19.0 Å². The third-order valence-electron chi connectivity index (χ3n) is 2.16. The van der Waals surface area contributed by atoms with Crippen LogP contribution in [0.25, 0.3) is 0 Å². The van der Waals surface area contributed by atoms with Gasteiger partial charge in [0.25, 0.3) is 0 Å². The Kier molecular flexibility index (Phi) is 5.28. The van der Waals surface area contributed by atoms with Crippen LogP contribution in [0.3, 0.4) is 0 Å². The van der Waals surface area contributed by atoms with Crippen LogP contribution in [-0.4, -0.2) is 46.5 Å². The first-order chi connectivity index (χ1) is 8.52. The van der Waals surface area contributed by atoms with E-state index in [1.807, 2.05) is 0 Å². The van der Waals surface area contributed by atoms with E-state index in [1.54, 1.807) is 18.0 Å². The van der Waals surface area contributed by atoms with Crippen LogP contribution in [0, 0.1) is 0 Å². The molecule has 100 valence electrons. The predicted octanol–water partition coefficient (Wildman–Crippen LogP) is -0.730. The summed E-state index contributed by atoms with van der Waals surface area (Å²) >= 11 is 0. The zero-order valence-electron chi connectivity index (χ0n) is 10.00. The van der Waals surface area contributed by atoms with Gasteiger partial charge in [0.1, 0.15) is 0 Å². The maximum absolute atomic E-state index is 11.5. The highest BCUT2D eigenvalue weighted by molar-refractivity contribution is 5.96. The minimum Gasteiger partial charge on any atom is -0.481 e. The monoisotopic (exact) mass is 256 g/mol. The van der Waals surface area contributed by atoms with Crippen molar-refractivity contribution in [1.29, 1.82) is 0 Å². The molecular weight excluding hydrogens is 240 g/mol. The lowest BCUT2D eigenvalue weighted by molar-refractivity contribution is -0.138. The van der Waals surface area contributed by atoms with Crippen LogP contribution in [0.15, 0.2) is 12.4 Å². The number of nitrogens with zero attached hydrogens (tertiary/aromatic N) is 2. The third kappa shape index (κ3) is 4.52. The van der Waals surface area contributed by atoms with Crippen molar-refractivity contribution in [3.8, 4) is 0 Å². The number of methoxy groups -OCH3 is 1. The molecule has 0 radical (unpaired) electrons. The predicted molar refractivity (Wildman–Crippen MR) is 63.0 cm³/mol. The van der Waals surface area contributed by atoms with Gasteiger partial charge in [-0.2, -0.15) is 5.10 Å². The quantitative estimate of drug-likeness (QED) is 0.591. The average molecular weight is 256 g/mol. The Labute approximate surface area is 104 Å². The zero-order chi connectivity index (χ0) is 13.5. The molecule has 0 aromatic carbocycles. The number of hydrogen-bond donors (Lipinski definition) is 3. The molecule has 0 fully saturated rings. The second-order valence-electron chi connectivity index (χ2n) is 3.68. The van der Waals surface area contributed by atoms with Gasteiger partial charge in [-0.25, -0.2) is 0 Å². The van der Waals surface area contributed by atoms with Gasteiger partial charge in [-0.1, -0.05) is 0 Å². The van der Waals surface area contributed by atoms with E-state index in [-0.39, 0.29) is 0 Å². The van der Waals surface area contributed by atoms with E-state index in [1.165, 1.54) is 6.20 Å². The number of carbonyl (C=O) groups is 2. The van der Waals surface area contributed by atoms with Crippen LogP contribution < -0.4 is 11.1 Å². The first kappa shape index (κ1) is 14.1. The van der Waals surface area contributed by atoms with Crippen molar-refractivity contribution in [1.82, 2.24) is 9.78 Å². The molecule has 0 aliphatic rings. The van der Waals surface area contributed by atoms with Gasteiger partial charge in [-0.3, -0.25) is 14.3 Å². The van der Waals surface area contributed by atoms with Crippen molar-refractivity contribution in [2.45, 2.75) is 19.0 Å². The number of nitrogens with two attached hydrogens (primary N) is 1. The molecule has 1 unspecified atom stereocenters. The molecule has 0 saturated heterocycles. The van der Waals surface area contributed by atoms with Gasteiger partial charge in [0.2, 0.25) is 5.91 Å². The van der Waals surface area contributed by atoms with Crippen LogP contribution in [0.2, 0.25) is 0 Å². The fourth-order valence-electron chi connectivity index (χ4n) is 1.25. The van der Waals surface area contributed by atoms with E-state index in [0.717, 1.165) is 0 Å². The second-order valence-corrected chi connectivity index (χ2v) is 3.68. The number of rotatable bonds is 7.